The predicted octanol–water partition coefficient (Wildman–Crippen LogP) is 4.64. The van der Waals surface area contributed by atoms with Gasteiger partial charge in [-0.1, -0.05) is 61.1 Å². The molecule has 2 atom stereocenters. The number of amides is 2. The van der Waals surface area contributed by atoms with E-state index in [0.29, 0.717) is 29.2 Å². The van der Waals surface area contributed by atoms with Gasteiger partial charge in [-0.25, -0.2) is 0 Å². The molecule has 1 aliphatic rings. The van der Waals surface area contributed by atoms with Crippen molar-refractivity contribution < 1.29 is 9.59 Å². The van der Waals surface area contributed by atoms with Crippen molar-refractivity contribution in [2.24, 2.45) is 5.92 Å². The number of carbonyl (C=O) groups is 2. The number of carbonyl (C=O) groups excluding carboxylic acids is 2. The van der Waals surface area contributed by atoms with Crippen LogP contribution >= 0.6 is 11.6 Å². The van der Waals surface area contributed by atoms with Crippen LogP contribution in [-0.4, -0.2) is 56.6 Å². The molecular formula is C23H39ClN6O2. The largest absolute Gasteiger partial charge is 0.357 e. The lowest BCUT2D eigenvalue weighted by Crippen LogP contribution is -2.44. The molecule has 180 valence electrons. The lowest BCUT2D eigenvalue weighted by molar-refractivity contribution is -0.134. The summed E-state index contributed by atoms with van der Waals surface area (Å²) in [5.41, 5.74) is 1.39. The van der Waals surface area contributed by atoms with Crippen molar-refractivity contribution in [3.05, 3.63) is 41.2 Å². The summed E-state index contributed by atoms with van der Waals surface area (Å²) in [7, 11) is 1.58. The molecule has 8 nitrogen and oxygen atoms in total. The lowest BCUT2D eigenvalue weighted by atomic mass is 10.1. The summed E-state index contributed by atoms with van der Waals surface area (Å²) < 4.78 is 1.49. The summed E-state index contributed by atoms with van der Waals surface area (Å²) in [6.45, 7) is 10.6. The van der Waals surface area contributed by atoms with Gasteiger partial charge in [-0.2, -0.15) is 4.68 Å². The molecule has 0 saturated carbocycles. The molecule has 2 aromatic rings. The van der Waals surface area contributed by atoms with Crippen LogP contribution in [0.5, 0.6) is 0 Å². The van der Waals surface area contributed by atoms with E-state index in [9.17, 15) is 9.59 Å². The van der Waals surface area contributed by atoms with Crippen molar-refractivity contribution in [3.63, 3.8) is 0 Å². The van der Waals surface area contributed by atoms with Gasteiger partial charge in [0.2, 0.25) is 11.8 Å². The Bertz CT molecular complexity index is 839. The Morgan fingerprint density at radius 2 is 1.84 bits per heavy atom. The second-order valence-corrected chi connectivity index (χ2v) is 6.69. The average molecular weight is 467 g/mol. The first kappa shape index (κ1) is 31.4. The number of nitrogens with zero attached hydrogens (tertiary/aromatic N) is 5. The molecule has 1 aromatic carbocycles. The van der Waals surface area contributed by atoms with Crippen molar-refractivity contribution in [2.45, 2.75) is 61.9 Å². The molecule has 1 N–H and O–H groups in total. The molecule has 32 heavy (non-hydrogen) atoms. The quantitative estimate of drug-likeness (QED) is 0.662. The third-order valence-electron chi connectivity index (χ3n) is 4.33. The molecule has 1 aliphatic heterocycles. The van der Waals surface area contributed by atoms with E-state index in [-0.39, 0.29) is 32.6 Å². The number of benzene rings is 1. The first-order valence-corrected chi connectivity index (χ1v) is 10.6. The van der Waals surface area contributed by atoms with Gasteiger partial charge in [0.25, 0.3) is 0 Å². The molecule has 2 amide bonds. The van der Waals surface area contributed by atoms with Gasteiger partial charge in [0, 0.05) is 30.3 Å². The molecule has 0 radical (unpaired) electrons. The van der Waals surface area contributed by atoms with Crippen molar-refractivity contribution in [1.82, 2.24) is 30.4 Å². The first-order chi connectivity index (χ1) is 14.5. The van der Waals surface area contributed by atoms with Crippen LogP contribution in [0.2, 0.25) is 5.02 Å². The Morgan fingerprint density at radius 1 is 1.19 bits per heavy atom. The minimum absolute atomic E-state index is 0. The van der Waals surface area contributed by atoms with E-state index in [1.165, 1.54) is 17.1 Å². The van der Waals surface area contributed by atoms with Crippen LogP contribution in [0.25, 0.3) is 11.8 Å². The minimum atomic E-state index is -0.439. The van der Waals surface area contributed by atoms with Crippen molar-refractivity contribution >= 4 is 29.5 Å². The number of tetrazole rings is 1. The zero-order valence-electron chi connectivity index (χ0n) is 18.5. The van der Waals surface area contributed by atoms with Gasteiger partial charge >= 0.3 is 0 Å². The molecular weight excluding hydrogens is 428 g/mol. The molecule has 0 bridgehead atoms. The highest BCUT2D eigenvalue weighted by Crippen LogP contribution is 2.24. The number of hydrogen-bond donors (Lipinski definition) is 1. The number of likely N-dealkylation sites (N-methyl/N-ethyl adjacent to an activating group) is 1. The second-order valence-electron chi connectivity index (χ2n) is 6.25. The third-order valence-corrected chi connectivity index (χ3v) is 4.57. The number of rotatable bonds is 4. The SMILES string of the molecule is C.C.CC.CC.CNC(=O)C1CC(C)CN1C(=O)/C=C/c1cc(Cl)ccc1-n1cnnn1. The third kappa shape index (κ3) is 8.07. The highest BCUT2D eigenvalue weighted by atomic mass is 35.5. The number of hydrogen-bond acceptors (Lipinski definition) is 5. The van der Waals surface area contributed by atoms with Crippen LogP contribution in [0.1, 0.15) is 61.5 Å². The van der Waals surface area contributed by atoms with Gasteiger partial charge in [0.15, 0.2) is 0 Å². The van der Waals surface area contributed by atoms with Crippen molar-refractivity contribution in [3.8, 4) is 5.69 Å². The maximum atomic E-state index is 12.7. The van der Waals surface area contributed by atoms with E-state index in [4.69, 9.17) is 11.6 Å². The topological polar surface area (TPSA) is 93.0 Å². The van der Waals surface area contributed by atoms with Crippen LogP contribution in [0.4, 0.5) is 0 Å². The Morgan fingerprint density at radius 3 is 2.41 bits per heavy atom. The fraction of sp³-hybridized carbons (Fsp3) is 0.522. The van der Waals surface area contributed by atoms with Crippen LogP contribution < -0.4 is 5.32 Å². The molecule has 1 fully saturated rings. The van der Waals surface area contributed by atoms with Crippen LogP contribution in [0.15, 0.2) is 30.6 Å². The molecule has 1 aromatic heterocycles. The Balaban J connectivity index is 0. The van der Waals surface area contributed by atoms with E-state index in [2.05, 4.69) is 20.8 Å². The highest BCUT2D eigenvalue weighted by molar-refractivity contribution is 6.30. The Kier molecular flexibility index (Phi) is 15.7. The Hall–Kier alpha value is -2.74. The van der Waals surface area contributed by atoms with Gasteiger partial charge in [-0.3, -0.25) is 9.59 Å². The van der Waals surface area contributed by atoms with E-state index >= 15 is 0 Å². The molecule has 9 heteroatoms. The van der Waals surface area contributed by atoms with E-state index < -0.39 is 6.04 Å². The molecule has 0 aliphatic carbocycles. The maximum absolute atomic E-state index is 12.7. The van der Waals surface area contributed by atoms with Gasteiger partial charge in [0.05, 0.1) is 5.69 Å². The van der Waals surface area contributed by atoms with Crippen LogP contribution in [0, 0.1) is 5.92 Å². The summed E-state index contributed by atoms with van der Waals surface area (Å²) in [5, 5.41) is 14.3. The summed E-state index contributed by atoms with van der Waals surface area (Å²) >= 11 is 6.08. The average Bonchev–Trinajstić information content (AvgIpc) is 3.44. The number of nitrogens with one attached hydrogen (secondary N) is 1. The van der Waals surface area contributed by atoms with E-state index in [0.717, 1.165) is 0 Å². The second kappa shape index (κ2) is 16.0. The summed E-state index contributed by atoms with van der Waals surface area (Å²) in [4.78, 5) is 26.3. The fourth-order valence-corrected chi connectivity index (χ4v) is 3.28. The number of aromatic nitrogens is 4. The smallest absolute Gasteiger partial charge is 0.247 e. The molecule has 0 spiro atoms. The molecule has 1 saturated heterocycles. The van der Waals surface area contributed by atoms with Crippen molar-refractivity contribution in [2.75, 3.05) is 13.6 Å². The van der Waals surface area contributed by atoms with E-state index in [1.807, 2.05) is 34.6 Å². The monoisotopic (exact) mass is 466 g/mol. The lowest BCUT2D eigenvalue weighted by Gasteiger charge is -2.21. The Labute approximate surface area is 198 Å². The van der Waals surface area contributed by atoms with Crippen molar-refractivity contribution in [1.29, 1.82) is 0 Å². The number of likely N-dealkylation sites (tertiary alicyclic amines) is 1. The molecule has 2 unspecified atom stereocenters. The van der Waals surface area contributed by atoms with Crippen LogP contribution in [-0.2, 0) is 9.59 Å². The first-order valence-electron chi connectivity index (χ1n) is 10.2. The van der Waals surface area contributed by atoms with Crippen LogP contribution in [0.3, 0.4) is 0 Å². The summed E-state index contributed by atoms with van der Waals surface area (Å²) in [6, 6.07) is 4.78. The number of halogens is 1. The zero-order valence-corrected chi connectivity index (χ0v) is 19.2. The van der Waals surface area contributed by atoms with Gasteiger partial charge < -0.3 is 10.2 Å². The fourth-order valence-electron chi connectivity index (χ4n) is 3.10. The van der Waals surface area contributed by atoms with Gasteiger partial charge in [-0.05, 0) is 47.0 Å². The molecule has 2 heterocycles. The van der Waals surface area contributed by atoms with Gasteiger partial charge in [0.1, 0.15) is 12.4 Å². The zero-order chi connectivity index (χ0) is 22.7. The standard InChI is InChI=1S/C17H19ClN6O2.2C2H6.2CH4/c1-11-7-15(17(26)19-2)23(9-11)16(25)6-3-12-8-13(18)4-5-14(12)24-10-20-21-22-24;2*1-2;;/h3-6,8,10-11,15H,7,9H2,1-2H3,(H,19,26);2*1-2H3;2*1H4/b6-3+;;;;. The summed E-state index contributed by atoms with van der Waals surface area (Å²) in [5.74, 6) is -0.0866. The minimum Gasteiger partial charge on any atom is -0.357 e. The summed E-state index contributed by atoms with van der Waals surface area (Å²) in [6.07, 6.45) is 5.24. The van der Waals surface area contributed by atoms with E-state index in [1.54, 1.807) is 36.2 Å². The molecule has 3 rings (SSSR count). The predicted molar refractivity (Wildman–Crippen MR) is 133 cm³/mol. The highest BCUT2D eigenvalue weighted by Gasteiger charge is 2.36. The normalized spacial score (nSPS) is 16.5. The van der Waals surface area contributed by atoms with Gasteiger partial charge in [-0.15, -0.1) is 5.10 Å². The maximum Gasteiger partial charge on any atom is 0.247 e.